The Balaban J connectivity index is 2.78. The molecule has 0 aliphatic heterocycles. The van der Waals surface area contributed by atoms with Gasteiger partial charge in [0.25, 0.3) is 0 Å². The highest BCUT2D eigenvalue weighted by molar-refractivity contribution is 9.10. The predicted molar refractivity (Wildman–Crippen MR) is 54.5 cm³/mol. The van der Waals surface area contributed by atoms with Crippen molar-refractivity contribution < 1.29 is 13.2 Å². The Hall–Kier alpha value is -0.0700. The van der Waals surface area contributed by atoms with Crippen molar-refractivity contribution >= 4 is 27.3 Å². The van der Waals surface area contributed by atoms with E-state index in [4.69, 9.17) is 0 Å². The molecule has 0 bridgehead atoms. The topological polar surface area (TPSA) is 12.0 Å². The van der Waals surface area contributed by atoms with Gasteiger partial charge in [-0.1, -0.05) is 0 Å². The number of alkyl halides is 3. The zero-order valence-corrected chi connectivity index (χ0v) is 9.76. The van der Waals surface area contributed by atoms with E-state index in [0.717, 1.165) is 4.47 Å². The number of hydrogen-bond acceptors (Lipinski definition) is 2. The Morgan fingerprint density at radius 1 is 1.57 bits per heavy atom. The lowest BCUT2D eigenvalue weighted by Gasteiger charge is -2.17. The van der Waals surface area contributed by atoms with E-state index in [1.807, 2.05) is 0 Å². The van der Waals surface area contributed by atoms with Gasteiger partial charge in [0, 0.05) is 9.35 Å². The van der Waals surface area contributed by atoms with Crippen molar-refractivity contribution in [1.29, 1.82) is 0 Å². The molecule has 1 N–H and O–H groups in total. The Bertz CT molecular complexity index is 297. The standard InChI is InChI=1S/C8H9BrF3NS/c1-13-6(4-8(10,11)12)7-5(9)2-3-14-7/h2-3,6,13H,4H2,1H3. The van der Waals surface area contributed by atoms with Crippen LogP contribution in [-0.4, -0.2) is 13.2 Å². The van der Waals surface area contributed by atoms with Crippen LogP contribution in [0.2, 0.25) is 0 Å². The summed E-state index contributed by atoms with van der Waals surface area (Å²) >= 11 is 4.53. The van der Waals surface area contributed by atoms with Gasteiger partial charge < -0.3 is 5.32 Å². The van der Waals surface area contributed by atoms with Gasteiger partial charge in [0.2, 0.25) is 0 Å². The zero-order chi connectivity index (χ0) is 10.8. The molecule has 0 fully saturated rings. The minimum atomic E-state index is -4.14. The first-order chi connectivity index (χ1) is 6.44. The number of nitrogens with one attached hydrogen (secondary N) is 1. The fourth-order valence-corrected chi connectivity index (χ4v) is 2.87. The number of rotatable bonds is 3. The van der Waals surface area contributed by atoms with Crippen LogP contribution in [0.1, 0.15) is 17.3 Å². The van der Waals surface area contributed by atoms with Crippen molar-refractivity contribution in [2.75, 3.05) is 7.05 Å². The predicted octanol–water partition coefficient (Wildman–Crippen LogP) is 3.72. The van der Waals surface area contributed by atoms with Gasteiger partial charge in [-0.15, -0.1) is 11.3 Å². The molecule has 1 atom stereocenters. The van der Waals surface area contributed by atoms with E-state index in [9.17, 15) is 13.2 Å². The van der Waals surface area contributed by atoms with E-state index < -0.39 is 18.6 Å². The number of halogens is 4. The van der Waals surface area contributed by atoms with E-state index in [1.165, 1.54) is 18.4 Å². The molecule has 6 heteroatoms. The summed E-state index contributed by atoms with van der Waals surface area (Å²) in [6.45, 7) is 0. The minimum absolute atomic E-state index is 0.663. The van der Waals surface area contributed by atoms with E-state index >= 15 is 0 Å². The lowest BCUT2D eigenvalue weighted by Crippen LogP contribution is -2.23. The quantitative estimate of drug-likeness (QED) is 0.893. The molecule has 1 aromatic rings. The third kappa shape index (κ3) is 3.25. The molecule has 0 saturated carbocycles. The van der Waals surface area contributed by atoms with Crippen LogP contribution in [0.5, 0.6) is 0 Å². The second-order valence-electron chi connectivity index (χ2n) is 2.79. The molecule has 0 spiro atoms. The lowest BCUT2D eigenvalue weighted by atomic mass is 10.1. The lowest BCUT2D eigenvalue weighted by molar-refractivity contribution is -0.140. The smallest absolute Gasteiger partial charge is 0.312 e. The van der Waals surface area contributed by atoms with E-state index in [1.54, 1.807) is 11.4 Å². The summed E-state index contributed by atoms with van der Waals surface area (Å²) in [5.41, 5.74) is 0. The third-order valence-electron chi connectivity index (χ3n) is 1.75. The van der Waals surface area contributed by atoms with E-state index in [0.29, 0.717) is 4.88 Å². The minimum Gasteiger partial charge on any atom is -0.312 e. The van der Waals surface area contributed by atoms with Gasteiger partial charge in [-0.05, 0) is 34.4 Å². The van der Waals surface area contributed by atoms with Gasteiger partial charge in [0.15, 0.2) is 0 Å². The number of hydrogen-bond donors (Lipinski definition) is 1. The molecule has 0 radical (unpaired) electrons. The fourth-order valence-electron chi connectivity index (χ4n) is 1.11. The highest BCUT2D eigenvalue weighted by Gasteiger charge is 2.33. The summed E-state index contributed by atoms with van der Waals surface area (Å²) in [5, 5.41) is 4.43. The molecule has 0 aliphatic carbocycles. The largest absolute Gasteiger partial charge is 0.390 e. The van der Waals surface area contributed by atoms with E-state index in [2.05, 4.69) is 21.2 Å². The summed E-state index contributed by atoms with van der Waals surface area (Å²) in [6, 6.07) is 1.09. The maximum absolute atomic E-state index is 12.2. The van der Waals surface area contributed by atoms with Crippen molar-refractivity contribution in [3.8, 4) is 0 Å². The van der Waals surface area contributed by atoms with Crippen LogP contribution >= 0.6 is 27.3 Å². The van der Waals surface area contributed by atoms with Crippen LogP contribution in [-0.2, 0) is 0 Å². The monoisotopic (exact) mass is 287 g/mol. The van der Waals surface area contributed by atoms with E-state index in [-0.39, 0.29) is 0 Å². The Labute approximate surface area is 92.4 Å². The molecule has 14 heavy (non-hydrogen) atoms. The molecular formula is C8H9BrF3NS. The second-order valence-corrected chi connectivity index (χ2v) is 4.60. The zero-order valence-electron chi connectivity index (χ0n) is 7.36. The van der Waals surface area contributed by atoms with Crippen molar-refractivity contribution in [2.24, 2.45) is 0 Å². The Kier molecular flexibility index (Phi) is 3.97. The maximum Gasteiger partial charge on any atom is 0.390 e. The second kappa shape index (κ2) is 4.63. The highest BCUT2D eigenvalue weighted by atomic mass is 79.9. The van der Waals surface area contributed by atoms with Crippen molar-refractivity contribution in [3.63, 3.8) is 0 Å². The average Bonchev–Trinajstić information content (AvgIpc) is 2.45. The average molecular weight is 288 g/mol. The molecule has 0 aliphatic rings. The van der Waals surface area contributed by atoms with Gasteiger partial charge in [-0.2, -0.15) is 13.2 Å². The molecule has 0 amide bonds. The van der Waals surface area contributed by atoms with Crippen LogP contribution in [0.4, 0.5) is 13.2 Å². The first kappa shape index (κ1) is 12.0. The molecule has 1 aromatic heterocycles. The maximum atomic E-state index is 12.2. The molecule has 0 aromatic carbocycles. The van der Waals surface area contributed by atoms with Gasteiger partial charge in [0.1, 0.15) is 0 Å². The Morgan fingerprint density at radius 3 is 2.57 bits per heavy atom. The van der Waals surface area contributed by atoms with Crippen molar-refractivity contribution in [1.82, 2.24) is 5.32 Å². The van der Waals surface area contributed by atoms with Gasteiger partial charge >= 0.3 is 6.18 Å². The highest BCUT2D eigenvalue weighted by Crippen LogP contribution is 2.35. The first-order valence-corrected chi connectivity index (χ1v) is 5.58. The number of thiophene rings is 1. The van der Waals surface area contributed by atoms with Crippen LogP contribution in [0.3, 0.4) is 0 Å². The van der Waals surface area contributed by atoms with Crippen LogP contribution in [0.15, 0.2) is 15.9 Å². The van der Waals surface area contributed by atoms with Crippen molar-refractivity contribution in [3.05, 3.63) is 20.8 Å². The molecule has 1 unspecified atom stereocenters. The van der Waals surface area contributed by atoms with Gasteiger partial charge in [-0.25, -0.2) is 0 Å². The Morgan fingerprint density at radius 2 is 2.21 bits per heavy atom. The SMILES string of the molecule is CNC(CC(F)(F)F)c1sccc1Br. The summed E-state index contributed by atoms with van der Waals surface area (Å²) in [4.78, 5) is 0.685. The normalized spacial score (nSPS) is 14.4. The van der Waals surface area contributed by atoms with Crippen molar-refractivity contribution in [2.45, 2.75) is 18.6 Å². The summed E-state index contributed by atoms with van der Waals surface area (Å²) < 4.78 is 37.2. The van der Waals surface area contributed by atoms with Crippen LogP contribution < -0.4 is 5.32 Å². The molecule has 0 saturated heterocycles. The van der Waals surface area contributed by atoms with Gasteiger partial charge in [0.05, 0.1) is 12.5 Å². The van der Waals surface area contributed by atoms with Crippen LogP contribution in [0, 0.1) is 0 Å². The molecular weight excluding hydrogens is 279 g/mol. The first-order valence-electron chi connectivity index (χ1n) is 3.91. The molecule has 80 valence electrons. The van der Waals surface area contributed by atoms with Gasteiger partial charge in [-0.3, -0.25) is 0 Å². The molecule has 1 heterocycles. The summed E-state index contributed by atoms with van der Waals surface area (Å²) in [6.07, 6.45) is -4.99. The molecule has 1 rings (SSSR count). The summed E-state index contributed by atoms with van der Waals surface area (Å²) in [5.74, 6) is 0. The molecule has 1 nitrogen and oxygen atoms in total. The third-order valence-corrected chi connectivity index (χ3v) is 3.73. The van der Waals surface area contributed by atoms with Crippen LogP contribution in [0.25, 0.3) is 0 Å². The summed E-state index contributed by atoms with van der Waals surface area (Å²) in [7, 11) is 1.53. The fraction of sp³-hybridized carbons (Fsp3) is 0.500.